The van der Waals surface area contributed by atoms with Crippen LogP contribution >= 0.6 is 11.3 Å². The fourth-order valence-electron chi connectivity index (χ4n) is 3.65. The molecular formula is C17H21N3O3S. The Kier molecular flexibility index (Phi) is 4.39. The van der Waals surface area contributed by atoms with Gasteiger partial charge >= 0.3 is 0 Å². The van der Waals surface area contributed by atoms with Crippen molar-refractivity contribution in [2.24, 2.45) is 0 Å². The highest BCUT2D eigenvalue weighted by Crippen LogP contribution is 2.28. The van der Waals surface area contributed by atoms with Gasteiger partial charge in [-0.05, 0) is 31.4 Å². The van der Waals surface area contributed by atoms with Gasteiger partial charge in [0.2, 0.25) is 0 Å². The third kappa shape index (κ3) is 2.99. The minimum atomic E-state index is -0.204. The van der Waals surface area contributed by atoms with Crippen molar-refractivity contribution in [1.29, 1.82) is 0 Å². The van der Waals surface area contributed by atoms with E-state index in [9.17, 15) is 9.90 Å². The summed E-state index contributed by atoms with van der Waals surface area (Å²) in [6.07, 6.45) is 6.11. The third-order valence-electron chi connectivity index (χ3n) is 4.96. The van der Waals surface area contributed by atoms with Crippen molar-refractivity contribution in [2.45, 2.75) is 31.4 Å². The van der Waals surface area contributed by atoms with E-state index in [1.165, 1.54) is 11.3 Å². The maximum Gasteiger partial charge on any atom is 0.265 e. The average molecular weight is 347 g/mol. The van der Waals surface area contributed by atoms with Crippen molar-refractivity contribution in [2.75, 3.05) is 26.2 Å². The Hall–Kier alpha value is -1.70. The van der Waals surface area contributed by atoms with E-state index in [1.807, 2.05) is 17.0 Å². The maximum atomic E-state index is 12.7. The Bertz CT molecular complexity index is 692. The van der Waals surface area contributed by atoms with Crippen molar-refractivity contribution in [1.82, 2.24) is 14.8 Å². The summed E-state index contributed by atoms with van der Waals surface area (Å²) in [6, 6.07) is 3.93. The van der Waals surface area contributed by atoms with Crippen molar-refractivity contribution in [3.8, 4) is 10.8 Å². The number of thiazole rings is 1. The fraction of sp³-hybridized carbons (Fsp3) is 0.529. The first-order chi connectivity index (χ1) is 11.7. The first-order valence-electron chi connectivity index (χ1n) is 8.43. The quantitative estimate of drug-likeness (QED) is 0.920. The number of hydrogen-bond acceptors (Lipinski definition) is 6. The maximum absolute atomic E-state index is 12.7. The minimum Gasteiger partial charge on any atom is -0.462 e. The van der Waals surface area contributed by atoms with Crippen molar-refractivity contribution in [3.63, 3.8) is 0 Å². The number of carbonyl (C=O) groups is 1. The van der Waals surface area contributed by atoms with Crippen LogP contribution in [0.2, 0.25) is 0 Å². The van der Waals surface area contributed by atoms with Crippen LogP contribution in [-0.2, 0) is 0 Å². The van der Waals surface area contributed by atoms with Crippen LogP contribution in [0.25, 0.3) is 10.8 Å². The number of amides is 1. The van der Waals surface area contributed by atoms with Crippen LogP contribution < -0.4 is 0 Å². The zero-order chi connectivity index (χ0) is 16.5. The van der Waals surface area contributed by atoms with E-state index in [0.717, 1.165) is 37.4 Å². The number of piperazine rings is 1. The molecule has 2 aromatic rings. The van der Waals surface area contributed by atoms with Crippen molar-refractivity contribution in [3.05, 3.63) is 29.5 Å². The van der Waals surface area contributed by atoms with Crippen LogP contribution in [0.1, 0.15) is 28.9 Å². The van der Waals surface area contributed by atoms with Gasteiger partial charge in [0, 0.05) is 32.2 Å². The molecular weight excluding hydrogens is 326 g/mol. The molecule has 0 unspecified atom stereocenters. The van der Waals surface area contributed by atoms with Crippen molar-refractivity contribution >= 4 is 17.2 Å². The summed E-state index contributed by atoms with van der Waals surface area (Å²) in [4.78, 5) is 21.8. The number of aliphatic hydroxyl groups excluding tert-OH is 1. The number of aliphatic hydroxyl groups is 1. The molecule has 2 aromatic heterocycles. The Morgan fingerprint density at radius 2 is 2.12 bits per heavy atom. The second-order valence-corrected chi connectivity index (χ2v) is 7.43. The molecule has 24 heavy (non-hydrogen) atoms. The second-order valence-electron chi connectivity index (χ2n) is 6.40. The molecule has 2 atom stereocenters. The summed E-state index contributed by atoms with van der Waals surface area (Å²) in [7, 11) is 0. The van der Waals surface area contributed by atoms with E-state index in [4.69, 9.17) is 4.42 Å². The molecule has 0 bridgehead atoms. The average Bonchev–Trinajstić information content (AvgIpc) is 3.35. The van der Waals surface area contributed by atoms with Gasteiger partial charge in [-0.15, -0.1) is 11.3 Å². The Balaban J connectivity index is 1.38. The summed E-state index contributed by atoms with van der Waals surface area (Å²) in [5, 5.41) is 10.8. The molecule has 1 aliphatic heterocycles. The minimum absolute atomic E-state index is 0.0388. The molecule has 0 radical (unpaired) electrons. The van der Waals surface area contributed by atoms with E-state index in [-0.39, 0.29) is 18.1 Å². The highest BCUT2D eigenvalue weighted by atomic mass is 32.1. The first-order valence-corrected chi connectivity index (χ1v) is 9.25. The van der Waals surface area contributed by atoms with Crippen LogP contribution in [0.3, 0.4) is 0 Å². The topological polar surface area (TPSA) is 69.8 Å². The summed E-state index contributed by atoms with van der Waals surface area (Å²) in [5.74, 6) is 0.732. The summed E-state index contributed by atoms with van der Waals surface area (Å²) >= 11 is 1.37. The zero-order valence-electron chi connectivity index (χ0n) is 13.4. The van der Waals surface area contributed by atoms with E-state index in [2.05, 4.69) is 9.88 Å². The van der Waals surface area contributed by atoms with Crippen LogP contribution in [0.5, 0.6) is 0 Å². The molecule has 7 heteroatoms. The Morgan fingerprint density at radius 3 is 2.79 bits per heavy atom. The molecule has 2 aliphatic rings. The number of nitrogens with zero attached hydrogens (tertiary/aromatic N) is 3. The monoisotopic (exact) mass is 347 g/mol. The van der Waals surface area contributed by atoms with Crippen LogP contribution in [0, 0.1) is 0 Å². The Morgan fingerprint density at radius 1 is 1.29 bits per heavy atom. The standard InChI is InChI=1S/C17H21N3O3S/c21-13-4-1-3-12(13)19-6-8-20(9-7-19)17(22)15-11-18-16(24-15)14-5-2-10-23-14/h2,5,10-13,21H,1,3-4,6-9H2/t12-,13+/m0/s1. The van der Waals surface area contributed by atoms with Gasteiger partial charge in [-0.25, -0.2) is 4.98 Å². The number of hydrogen-bond donors (Lipinski definition) is 1. The van der Waals surface area contributed by atoms with Gasteiger partial charge < -0.3 is 14.4 Å². The molecule has 6 nitrogen and oxygen atoms in total. The molecule has 0 aromatic carbocycles. The SMILES string of the molecule is O=C(c1cnc(-c2ccco2)s1)N1CCN([C@H]2CCC[C@H]2O)CC1. The number of rotatable bonds is 3. The van der Waals surface area contributed by atoms with E-state index >= 15 is 0 Å². The second kappa shape index (κ2) is 6.66. The van der Waals surface area contributed by atoms with Gasteiger partial charge in [-0.1, -0.05) is 0 Å². The molecule has 1 aliphatic carbocycles. The summed E-state index contributed by atoms with van der Waals surface area (Å²) in [6.45, 7) is 3.07. The normalized spacial score (nSPS) is 25.3. The van der Waals surface area contributed by atoms with Gasteiger partial charge in [0.1, 0.15) is 4.88 Å². The molecule has 1 N–H and O–H groups in total. The number of aromatic nitrogens is 1. The first kappa shape index (κ1) is 15.8. The van der Waals surface area contributed by atoms with Gasteiger partial charge in [-0.2, -0.15) is 0 Å². The summed E-state index contributed by atoms with van der Waals surface area (Å²) in [5.41, 5.74) is 0. The van der Waals surface area contributed by atoms with E-state index < -0.39 is 0 Å². The predicted molar refractivity (Wildman–Crippen MR) is 90.9 cm³/mol. The third-order valence-corrected chi connectivity index (χ3v) is 5.96. The molecule has 1 amide bonds. The Labute approximate surface area is 144 Å². The lowest BCUT2D eigenvalue weighted by Gasteiger charge is -2.38. The molecule has 0 spiro atoms. The van der Waals surface area contributed by atoms with Crippen LogP contribution in [0.15, 0.2) is 29.0 Å². The van der Waals surface area contributed by atoms with Crippen LogP contribution in [0.4, 0.5) is 0 Å². The molecule has 4 rings (SSSR count). The largest absolute Gasteiger partial charge is 0.462 e. The molecule has 1 saturated carbocycles. The molecule has 2 fully saturated rings. The van der Waals surface area contributed by atoms with Gasteiger partial charge in [0.25, 0.3) is 5.91 Å². The zero-order valence-corrected chi connectivity index (χ0v) is 14.2. The highest BCUT2D eigenvalue weighted by Gasteiger charge is 2.33. The lowest BCUT2D eigenvalue weighted by atomic mass is 10.1. The number of carbonyl (C=O) groups excluding carboxylic acids is 1. The smallest absolute Gasteiger partial charge is 0.265 e. The fourth-order valence-corrected chi connectivity index (χ4v) is 4.50. The lowest BCUT2D eigenvalue weighted by Crippen LogP contribution is -2.53. The summed E-state index contributed by atoms with van der Waals surface area (Å²) < 4.78 is 5.33. The van der Waals surface area contributed by atoms with Crippen molar-refractivity contribution < 1.29 is 14.3 Å². The molecule has 3 heterocycles. The highest BCUT2D eigenvalue weighted by molar-refractivity contribution is 7.16. The van der Waals surface area contributed by atoms with Gasteiger partial charge in [-0.3, -0.25) is 9.69 Å². The lowest BCUT2D eigenvalue weighted by molar-refractivity contribution is 0.0317. The molecule has 128 valence electrons. The van der Waals surface area contributed by atoms with E-state index in [0.29, 0.717) is 23.7 Å². The van der Waals surface area contributed by atoms with Crippen LogP contribution in [-0.4, -0.2) is 64.1 Å². The van der Waals surface area contributed by atoms with E-state index in [1.54, 1.807) is 12.5 Å². The van der Waals surface area contributed by atoms with Gasteiger partial charge in [0.05, 0.1) is 18.6 Å². The number of furan rings is 1. The van der Waals surface area contributed by atoms with Gasteiger partial charge in [0.15, 0.2) is 10.8 Å². The molecule has 1 saturated heterocycles. The predicted octanol–water partition coefficient (Wildman–Crippen LogP) is 2.07.